The molecular weight excluding hydrogens is 220 g/mol. The first-order valence-electron chi connectivity index (χ1n) is 6.32. The van der Waals surface area contributed by atoms with Gasteiger partial charge in [-0.3, -0.25) is 0 Å². The van der Waals surface area contributed by atoms with Crippen molar-refractivity contribution in [3.05, 3.63) is 71.5 Å². The van der Waals surface area contributed by atoms with Gasteiger partial charge in [-0.15, -0.1) is 0 Å². The number of nitrogens with one attached hydrogen (secondary N) is 1. The minimum Gasteiger partial charge on any atom is -0.384 e. The summed E-state index contributed by atoms with van der Waals surface area (Å²) in [5.41, 5.74) is 11.4. The van der Waals surface area contributed by atoms with E-state index in [0.717, 1.165) is 36.2 Å². The minimum absolute atomic E-state index is 0.705. The Bertz CT molecular complexity index is 498. The van der Waals surface area contributed by atoms with Crippen molar-refractivity contribution in [2.45, 2.75) is 12.8 Å². The van der Waals surface area contributed by atoms with Crippen LogP contribution in [-0.2, 0) is 12.8 Å². The summed E-state index contributed by atoms with van der Waals surface area (Å²) >= 11 is 0. The Balaban J connectivity index is 1.83. The molecule has 1 aromatic rings. The van der Waals surface area contributed by atoms with Crippen LogP contribution >= 0.6 is 0 Å². The highest BCUT2D eigenvalue weighted by Crippen LogP contribution is 2.26. The molecule has 0 heterocycles. The summed E-state index contributed by atoms with van der Waals surface area (Å²) in [5, 5.41) is 3.38. The zero-order valence-corrected chi connectivity index (χ0v) is 10.7. The molecule has 0 amide bonds. The average molecular weight is 240 g/mol. The third kappa shape index (κ3) is 2.90. The summed E-state index contributed by atoms with van der Waals surface area (Å²) in [6, 6.07) is 8.62. The third-order valence-electron chi connectivity index (χ3n) is 3.18. The van der Waals surface area contributed by atoms with E-state index in [1.165, 1.54) is 11.1 Å². The first-order chi connectivity index (χ1) is 8.70. The molecular formula is C16H20N2. The number of benzene rings is 1. The van der Waals surface area contributed by atoms with E-state index in [0.29, 0.717) is 6.54 Å². The molecule has 0 fully saturated rings. The van der Waals surface area contributed by atoms with E-state index >= 15 is 0 Å². The lowest BCUT2D eigenvalue weighted by Gasteiger charge is -2.22. The summed E-state index contributed by atoms with van der Waals surface area (Å²) < 4.78 is 0. The van der Waals surface area contributed by atoms with Gasteiger partial charge >= 0.3 is 0 Å². The first-order valence-corrected chi connectivity index (χ1v) is 6.32. The van der Waals surface area contributed by atoms with Crippen molar-refractivity contribution < 1.29 is 0 Å². The lowest BCUT2D eigenvalue weighted by atomic mass is 9.94. The second-order valence-electron chi connectivity index (χ2n) is 4.60. The maximum atomic E-state index is 5.57. The van der Waals surface area contributed by atoms with Gasteiger partial charge in [0, 0.05) is 12.2 Å². The van der Waals surface area contributed by atoms with Crippen LogP contribution in [0.5, 0.6) is 0 Å². The van der Waals surface area contributed by atoms with E-state index in [1.807, 2.05) is 6.08 Å². The first kappa shape index (κ1) is 12.7. The standard InChI is InChI=1S/C16H20N2/c1-12-10-16(13(12)2)18-9-7-15-5-3-4-14(11-15)6-8-17/h3-5,10-11,18H,1-2,6-9,17H2. The van der Waals surface area contributed by atoms with E-state index in [-0.39, 0.29) is 0 Å². The fourth-order valence-corrected chi connectivity index (χ4v) is 2.05. The largest absolute Gasteiger partial charge is 0.384 e. The molecule has 2 nitrogen and oxygen atoms in total. The zero-order chi connectivity index (χ0) is 13.0. The smallest absolute Gasteiger partial charge is 0.0419 e. The Kier molecular flexibility index (Phi) is 4.00. The van der Waals surface area contributed by atoms with Crippen LogP contribution in [0, 0.1) is 0 Å². The van der Waals surface area contributed by atoms with Crippen molar-refractivity contribution >= 4 is 0 Å². The van der Waals surface area contributed by atoms with Gasteiger partial charge < -0.3 is 11.1 Å². The van der Waals surface area contributed by atoms with Crippen molar-refractivity contribution in [1.82, 2.24) is 5.32 Å². The molecule has 1 aliphatic carbocycles. The molecule has 1 aromatic carbocycles. The van der Waals surface area contributed by atoms with Crippen LogP contribution in [0.25, 0.3) is 0 Å². The van der Waals surface area contributed by atoms with Crippen LogP contribution in [0.1, 0.15) is 11.1 Å². The maximum Gasteiger partial charge on any atom is 0.0419 e. The highest BCUT2D eigenvalue weighted by atomic mass is 14.9. The molecule has 0 bridgehead atoms. The molecule has 18 heavy (non-hydrogen) atoms. The van der Waals surface area contributed by atoms with Gasteiger partial charge in [0.1, 0.15) is 0 Å². The molecule has 0 saturated carbocycles. The number of rotatable bonds is 6. The molecule has 0 unspecified atom stereocenters. The van der Waals surface area contributed by atoms with Crippen molar-refractivity contribution in [1.29, 1.82) is 0 Å². The molecule has 3 N–H and O–H groups in total. The summed E-state index contributed by atoms with van der Waals surface area (Å²) in [6.07, 6.45) is 3.99. The van der Waals surface area contributed by atoms with Crippen LogP contribution in [0.3, 0.4) is 0 Å². The van der Waals surface area contributed by atoms with Crippen LogP contribution in [0.4, 0.5) is 0 Å². The van der Waals surface area contributed by atoms with Gasteiger partial charge in [-0.25, -0.2) is 0 Å². The van der Waals surface area contributed by atoms with Gasteiger partial charge in [0.25, 0.3) is 0 Å². The number of nitrogens with two attached hydrogens (primary N) is 1. The summed E-state index contributed by atoms with van der Waals surface area (Å²) in [4.78, 5) is 0. The van der Waals surface area contributed by atoms with Gasteiger partial charge in [-0.05, 0) is 47.7 Å². The fourth-order valence-electron chi connectivity index (χ4n) is 2.05. The number of hydrogen-bond donors (Lipinski definition) is 2. The molecule has 0 aliphatic heterocycles. The molecule has 0 radical (unpaired) electrons. The van der Waals surface area contributed by atoms with Crippen molar-refractivity contribution in [2.75, 3.05) is 13.1 Å². The molecule has 2 heteroatoms. The number of hydrogen-bond acceptors (Lipinski definition) is 2. The molecule has 94 valence electrons. The predicted molar refractivity (Wildman–Crippen MR) is 77.3 cm³/mol. The summed E-state index contributed by atoms with van der Waals surface area (Å²) in [7, 11) is 0. The van der Waals surface area contributed by atoms with E-state index in [9.17, 15) is 0 Å². The number of allylic oxidation sites excluding steroid dienone is 2. The Hall–Kier alpha value is -1.80. The van der Waals surface area contributed by atoms with Crippen LogP contribution < -0.4 is 11.1 Å². The molecule has 0 spiro atoms. The average Bonchev–Trinajstić information content (AvgIpc) is 2.38. The molecule has 2 rings (SSSR count). The molecule has 1 aliphatic rings. The Morgan fingerprint density at radius 3 is 2.44 bits per heavy atom. The highest BCUT2D eigenvalue weighted by molar-refractivity contribution is 5.60. The van der Waals surface area contributed by atoms with E-state index in [4.69, 9.17) is 5.73 Å². The van der Waals surface area contributed by atoms with Gasteiger partial charge in [0.2, 0.25) is 0 Å². The second kappa shape index (κ2) is 5.69. The lowest BCUT2D eigenvalue weighted by molar-refractivity contribution is 0.785. The Morgan fingerprint density at radius 1 is 1.11 bits per heavy atom. The summed E-state index contributed by atoms with van der Waals surface area (Å²) in [6.45, 7) is 9.43. The summed E-state index contributed by atoms with van der Waals surface area (Å²) in [5.74, 6) is 0. The van der Waals surface area contributed by atoms with Gasteiger partial charge in [-0.1, -0.05) is 37.4 Å². The van der Waals surface area contributed by atoms with Crippen molar-refractivity contribution in [3.63, 3.8) is 0 Å². The lowest BCUT2D eigenvalue weighted by Crippen LogP contribution is -2.22. The second-order valence-corrected chi connectivity index (χ2v) is 4.60. The van der Waals surface area contributed by atoms with Crippen LogP contribution in [0.2, 0.25) is 0 Å². The topological polar surface area (TPSA) is 38.0 Å². The van der Waals surface area contributed by atoms with E-state index in [2.05, 4.69) is 42.7 Å². The molecule has 0 aromatic heterocycles. The third-order valence-corrected chi connectivity index (χ3v) is 3.18. The maximum absolute atomic E-state index is 5.57. The normalized spacial score (nSPS) is 14.2. The zero-order valence-electron chi connectivity index (χ0n) is 10.7. The Morgan fingerprint density at radius 2 is 1.83 bits per heavy atom. The SMILES string of the molecule is C=C1C=C(NCCc2cccc(CCN)c2)C1=C. The van der Waals surface area contributed by atoms with Gasteiger partial charge in [0.05, 0.1) is 0 Å². The van der Waals surface area contributed by atoms with E-state index < -0.39 is 0 Å². The quantitative estimate of drug-likeness (QED) is 0.801. The van der Waals surface area contributed by atoms with Crippen LogP contribution in [-0.4, -0.2) is 13.1 Å². The van der Waals surface area contributed by atoms with E-state index in [1.54, 1.807) is 0 Å². The van der Waals surface area contributed by atoms with Crippen molar-refractivity contribution in [3.8, 4) is 0 Å². The molecule has 0 atom stereocenters. The molecule has 0 saturated heterocycles. The van der Waals surface area contributed by atoms with Crippen molar-refractivity contribution in [2.24, 2.45) is 5.73 Å². The van der Waals surface area contributed by atoms with Gasteiger partial charge in [-0.2, -0.15) is 0 Å². The highest BCUT2D eigenvalue weighted by Gasteiger charge is 2.13. The predicted octanol–water partition coefficient (Wildman–Crippen LogP) is 2.33. The van der Waals surface area contributed by atoms with Crippen LogP contribution in [0.15, 0.2) is 60.3 Å². The minimum atomic E-state index is 0.705. The Labute approximate surface area is 109 Å². The monoisotopic (exact) mass is 240 g/mol. The fraction of sp³-hybridized carbons (Fsp3) is 0.250. The van der Waals surface area contributed by atoms with Gasteiger partial charge in [0.15, 0.2) is 0 Å².